The molecule has 0 saturated carbocycles. The first kappa shape index (κ1) is 15.8. The van der Waals surface area contributed by atoms with Gasteiger partial charge < -0.3 is 10.2 Å². The zero-order valence-corrected chi connectivity index (χ0v) is 14.7. The summed E-state index contributed by atoms with van der Waals surface area (Å²) in [6, 6.07) is 11.9. The summed E-state index contributed by atoms with van der Waals surface area (Å²) in [6.07, 6.45) is 0. The van der Waals surface area contributed by atoms with E-state index in [-0.39, 0.29) is 17.2 Å². The summed E-state index contributed by atoms with van der Waals surface area (Å²) in [5, 5.41) is 3.58. The molecule has 2 aliphatic rings. The third-order valence-corrected chi connectivity index (χ3v) is 6.04. The van der Waals surface area contributed by atoms with Gasteiger partial charge in [-0.3, -0.25) is 9.59 Å². The minimum Gasteiger partial charge on any atom is -0.323 e. The van der Waals surface area contributed by atoms with Gasteiger partial charge in [-0.2, -0.15) is 0 Å². The van der Waals surface area contributed by atoms with E-state index in [9.17, 15) is 9.59 Å². The van der Waals surface area contributed by atoms with Gasteiger partial charge in [0.1, 0.15) is 11.4 Å². The van der Waals surface area contributed by atoms with Crippen molar-refractivity contribution in [1.29, 1.82) is 0 Å². The highest BCUT2D eigenvalue weighted by atomic mass is 35.5. The van der Waals surface area contributed by atoms with E-state index < -0.39 is 6.04 Å². The van der Waals surface area contributed by atoms with Crippen LogP contribution in [0.15, 0.2) is 42.5 Å². The molecule has 1 saturated heterocycles. The number of carbonyl (C=O) groups excluding carboxylic acids is 2. The molecular weight excluding hydrogens is 367 g/mol. The Morgan fingerprint density at radius 2 is 2.00 bits per heavy atom. The molecule has 1 N–H and O–H groups in total. The minimum absolute atomic E-state index is 0.0925. The molecule has 0 spiro atoms. The van der Waals surface area contributed by atoms with E-state index in [1.807, 2.05) is 24.3 Å². The molecule has 7 heteroatoms. The molecule has 2 atom stereocenters. The predicted molar refractivity (Wildman–Crippen MR) is 96.7 cm³/mol. The highest BCUT2D eigenvalue weighted by Crippen LogP contribution is 2.48. The van der Waals surface area contributed by atoms with Gasteiger partial charge in [0.05, 0.1) is 10.7 Å². The molecule has 2 amide bonds. The molecule has 2 aromatic rings. The largest absolute Gasteiger partial charge is 0.323 e. The number of nitrogens with one attached hydrogen (secondary N) is 1. The lowest BCUT2D eigenvalue weighted by molar-refractivity contribution is -0.119. The molecule has 2 heterocycles. The monoisotopic (exact) mass is 378 g/mol. The van der Waals surface area contributed by atoms with Crippen LogP contribution in [0.3, 0.4) is 0 Å². The normalized spacial score (nSPS) is 21.6. The van der Waals surface area contributed by atoms with Gasteiger partial charge in [-0.1, -0.05) is 41.4 Å². The number of hydrogen-bond donors (Lipinski definition) is 1. The molecule has 4 rings (SSSR count). The Morgan fingerprint density at radius 3 is 2.79 bits per heavy atom. The van der Waals surface area contributed by atoms with Crippen LogP contribution < -0.4 is 5.32 Å². The summed E-state index contributed by atoms with van der Waals surface area (Å²) in [5.74, 6) is 0.222. The Hall–Kier alpha value is -1.69. The summed E-state index contributed by atoms with van der Waals surface area (Å²) in [6.45, 7) is 0. The summed E-state index contributed by atoms with van der Waals surface area (Å²) < 4.78 is 0. The van der Waals surface area contributed by atoms with Crippen LogP contribution in [0.5, 0.6) is 0 Å². The number of anilines is 1. The maximum atomic E-state index is 12.7. The number of hydrogen-bond acceptors (Lipinski definition) is 3. The summed E-state index contributed by atoms with van der Waals surface area (Å²) in [7, 11) is 0. The maximum absolute atomic E-state index is 12.7. The standard InChI is InChI=1S/C17H12Cl2N2O2S/c18-9-5-6-13(12(19)7-9)20-15(22)14-8-24-17-11-4-2-1-3-10(11)16(23)21(14)17/h1-7,14,17H,8H2,(H,20,22)/t14-,17+/m0/s1. The van der Waals surface area contributed by atoms with E-state index in [4.69, 9.17) is 23.2 Å². The Labute approximate surface area is 153 Å². The lowest BCUT2D eigenvalue weighted by atomic mass is 10.1. The first-order valence-corrected chi connectivity index (χ1v) is 9.16. The van der Waals surface area contributed by atoms with Gasteiger partial charge in [0.25, 0.3) is 5.91 Å². The molecule has 0 radical (unpaired) electrons. The van der Waals surface area contributed by atoms with Gasteiger partial charge in [-0.05, 0) is 29.8 Å². The first-order valence-electron chi connectivity index (χ1n) is 7.35. The van der Waals surface area contributed by atoms with Gasteiger partial charge in [-0.25, -0.2) is 0 Å². The topological polar surface area (TPSA) is 49.4 Å². The fraction of sp³-hybridized carbons (Fsp3) is 0.176. The first-order chi connectivity index (χ1) is 11.6. The van der Waals surface area contributed by atoms with E-state index in [2.05, 4.69) is 5.32 Å². The zero-order valence-electron chi connectivity index (χ0n) is 12.3. The van der Waals surface area contributed by atoms with Crippen LogP contribution in [0.4, 0.5) is 5.69 Å². The molecule has 0 aromatic heterocycles. The molecule has 0 unspecified atom stereocenters. The SMILES string of the molecule is O=C(Nc1ccc(Cl)cc1Cl)[C@@H]1CS[C@@H]2c3ccccc3C(=O)N21. The number of fused-ring (bicyclic) bond motifs is 3. The second-order valence-corrected chi connectivity index (χ2v) is 7.57. The molecule has 0 bridgehead atoms. The molecule has 4 nitrogen and oxygen atoms in total. The molecule has 2 aliphatic heterocycles. The average Bonchev–Trinajstić information content (AvgIpc) is 3.11. The predicted octanol–water partition coefficient (Wildman–Crippen LogP) is 4.20. The van der Waals surface area contributed by atoms with Gasteiger partial charge >= 0.3 is 0 Å². The fourth-order valence-electron chi connectivity index (χ4n) is 3.05. The fourth-order valence-corrected chi connectivity index (χ4v) is 4.97. The van der Waals surface area contributed by atoms with Crippen LogP contribution in [-0.2, 0) is 4.79 Å². The van der Waals surface area contributed by atoms with Crippen molar-refractivity contribution < 1.29 is 9.59 Å². The lowest BCUT2D eigenvalue weighted by Gasteiger charge is -2.22. The van der Waals surface area contributed by atoms with Crippen LogP contribution in [0, 0.1) is 0 Å². The lowest BCUT2D eigenvalue weighted by Crippen LogP contribution is -2.42. The smallest absolute Gasteiger partial charge is 0.256 e. The van der Waals surface area contributed by atoms with Crippen LogP contribution in [-0.4, -0.2) is 28.5 Å². The number of benzene rings is 2. The van der Waals surface area contributed by atoms with Crippen molar-refractivity contribution in [1.82, 2.24) is 4.90 Å². The highest BCUT2D eigenvalue weighted by Gasteiger charge is 2.48. The van der Waals surface area contributed by atoms with E-state index in [1.54, 1.807) is 34.9 Å². The van der Waals surface area contributed by atoms with Crippen molar-refractivity contribution in [2.45, 2.75) is 11.4 Å². The number of amides is 2. The van der Waals surface area contributed by atoms with Crippen molar-refractivity contribution >= 4 is 52.5 Å². The maximum Gasteiger partial charge on any atom is 0.256 e. The Kier molecular flexibility index (Phi) is 3.95. The quantitative estimate of drug-likeness (QED) is 0.851. The Morgan fingerprint density at radius 1 is 1.21 bits per heavy atom. The highest BCUT2D eigenvalue weighted by molar-refractivity contribution is 7.99. The average molecular weight is 379 g/mol. The van der Waals surface area contributed by atoms with E-state index in [1.165, 1.54) is 0 Å². The van der Waals surface area contributed by atoms with E-state index >= 15 is 0 Å². The van der Waals surface area contributed by atoms with Crippen LogP contribution in [0.25, 0.3) is 0 Å². The number of nitrogens with zero attached hydrogens (tertiary/aromatic N) is 1. The number of carbonyl (C=O) groups is 2. The van der Waals surface area contributed by atoms with Gasteiger partial charge in [0.15, 0.2) is 0 Å². The third-order valence-electron chi connectivity index (χ3n) is 4.18. The van der Waals surface area contributed by atoms with E-state index in [0.717, 1.165) is 5.56 Å². The molecule has 1 fully saturated rings. The third kappa shape index (κ3) is 2.48. The summed E-state index contributed by atoms with van der Waals surface area (Å²) >= 11 is 13.6. The second-order valence-electron chi connectivity index (χ2n) is 5.61. The number of thioether (sulfide) groups is 1. The van der Waals surface area contributed by atoms with Crippen molar-refractivity contribution in [2.75, 3.05) is 11.1 Å². The van der Waals surface area contributed by atoms with Gasteiger partial charge in [0, 0.05) is 16.3 Å². The van der Waals surface area contributed by atoms with Crippen molar-refractivity contribution in [3.8, 4) is 0 Å². The van der Waals surface area contributed by atoms with Gasteiger partial charge in [0.2, 0.25) is 5.91 Å². The van der Waals surface area contributed by atoms with Crippen molar-refractivity contribution in [3.05, 3.63) is 63.6 Å². The summed E-state index contributed by atoms with van der Waals surface area (Å²) in [4.78, 5) is 27.0. The number of halogens is 2. The molecule has 0 aliphatic carbocycles. The van der Waals surface area contributed by atoms with Crippen molar-refractivity contribution in [3.63, 3.8) is 0 Å². The molecule has 2 aromatic carbocycles. The molecular formula is C17H12Cl2N2O2S. The minimum atomic E-state index is -0.522. The van der Waals surface area contributed by atoms with Crippen LogP contribution in [0.2, 0.25) is 10.0 Å². The van der Waals surface area contributed by atoms with Gasteiger partial charge in [-0.15, -0.1) is 11.8 Å². The Balaban J connectivity index is 1.58. The number of rotatable bonds is 2. The van der Waals surface area contributed by atoms with E-state index in [0.29, 0.717) is 27.0 Å². The zero-order chi connectivity index (χ0) is 16.8. The molecule has 24 heavy (non-hydrogen) atoms. The summed E-state index contributed by atoms with van der Waals surface area (Å²) in [5.41, 5.74) is 2.15. The second kappa shape index (κ2) is 5.99. The Bertz CT molecular complexity index is 858. The van der Waals surface area contributed by atoms with Crippen molar-refractivity contribution in [2.24, 2.45) is 0 Å². The van der Waals surface area contributed by atoms with Crippen LogP contribution >= 0.6 is 35.0 Å². The molecule has 122 valence electrons. The van der Waals surface area contributed by atoms with Crippen LogP contribution in [0.1, 0.15) is 21.3 Å².